The van der Waals surface area contributed by atoms with Crippen molar-refractivity contribution < 1.29 is 30.0 Å². The first kappa shape index (κ1) is 31.8. The van der Waals surface area contributed by atoms with Crippen LogP contribution in [0.25, 0.3) is 55.6 Å². The molecule has 5 heteroatoms. The Hall–Kier alpha value is -4.15. The van der Waals surface area contributed by atoms with E-state index in [1.54, 1.807) is 12.3 Å². The molecule has 0 N–H and O–H groups in total. The zero-order valence-electron chi connectivity index (χ0n) is 33.8. The van der Waals surface area contributed by atoms with Crippen molar-refractivity contribution in [2.45, 2.75) is 60.1 Å². The molecule has 0 aliphatic carbocycles. The number of hydrogen-bond acceptors (Lipinski definition) is 3. The Labute approximate surface area is 318 Å². The van der Waals surface area contributed by atoms with Crippen molar-refractivity contribution in [3.05, 3.63) is 139 Å². The van der Waals surface area contributed by atoms with E-state index in [2.05, 4.69) is 72.1 Å². The monoisotopic (exact) mass is 855 g/mol. The molecule has 0 bridgehead atoms. The van der Waals surface area contributed by atoms with Crippen molar-refractivity contribution >= 4 is 35.2 Å². The third kappa shape index (κ3) is 8.76. The van der Waals surface area contributed by atoms with Crippen LogP contribution in [0.4, 0.5) is 0 Å². The summed E-state index contributed by atoms with van der Waals surface area (Å²) in [5.41, 5.74) is 8.29. The molecule has 7 rings (SSSR count). The topological polar surface area (TPSA) is 38.9 Å². The van der Waals surface area contributed by atoms with Gasteiger partial charge >= 0.3 is 0 Å². The molecule has 0 atom stereocenters. The molecule has 0 saturated carbocycles. The molecule has 0 saturated heterocycles. The van der Waals surface area contributed by atoms with Crippen LogP contribution in [0.2, 0.25) is 19.6 Å². The van der Waals surface area contributed by atoms with Crippen molar-refractivity contribution in [1.82, 2.24) is 9.97 Å². The summed E-state index contributed by atoms with van der Waals surface area (Å²) in [4.78, 5) is 9.10. The van der Waals surface area contributed by atoms with E-state index in [1.165, 1.54) is 0 Å². The minimum Gasteiger partial charge on any atom is -0.501 e. The van der Waals surface area contributed by atoms with Gasteiger partial charge in [0.05, 0.1) is 13.7 Å². The largest absolute Gasteiger partial charge is 0.501 e. The second kappa shape index (κ2) is 16.2. The van der Waals surface area contributed by atoms with E-state index in [-0.39, 0.29) is 31.9 Å². The van der Waals surface area contributed by atoms with Crippen molar-refractivity contribution in [2.24, 2.45) is 11.8 Å². The Bertz CT molecular complexity index is 2350. The maximum absolute atomic E-state index is 8.55. The van der Waals surface area contributed by atoms with Gasteiger partial charge in [0.1, 0.15) is 5.58 Å². The van der Waals surface area contributed by atoms with Crippen LogP contribution in [0.15, 0.2) is 120 Å². The third-order valence-corrected chi connectivity index (χ3v) is 10.2. The molecule has 3 nitrogen and oxygen atoms in total. The van der Waals surface area contributed by atoms with Crippen molar-refractivity contribution in [2.75, 3.05) is 0 Å². The van der Waals surface area contributed by atoms with Gasteiger partial charge in [0, 0.05) is 43.4 Å². The molecule has 257 valence electrons. The van der Waals surface area contributed by atoms with E-state index in [9.17, 15) is 0 Å². The standard InChI is InChI=1S/C27H22NO.C18H24NSi.Ir/c1-18(2)15-19-13-14-28-25(16-19)24-10-6-9-23-22-12-11-21(17-26(22)29-27(23)24)20-7-4-3-5-8-20;1-14(2)11-16-12-17(15-9-7-6-8-10-15)19-13-18(16)20(3,4)5;/h3-9,11-14,16-18H,15H2,1-2H3;6-9,12-14H,11H2,1-5H3;/q2*-1;/i15D2;11D2;. The van der Waals surface area contributed by atoms with Gasteiger partial charge in [-0.3, -0.25) is 0 Å². The van der Waals surface area contributed by atoms with Crippen LogP contribution >= 0.6 is 0 Å². The van der Waals surface area contributed by atoms with Crippen LogP contribution in [0.5, 0.6) is 0 Å². The van der Waals surface area contributed by atoms with E-state index in [4.69, 9.17) is 9.90 Å². The second-order valence-corrected chi connectivity index (χ2v) is 19.0. The molecule has 0 spiro atoms. The van der Waals surface area contributed by atoms with Crippen LogP contribution < -0.4 is 5.19 Å². The molecule has 50 heavy (non-hydrogen) atoms. The normalized spacial score (nSPS) is 13.2. The minimum atomic E-state index is -1.67. The molecule has 0 amide bonds. The smallest absolute Gasteiger partial charge is 0.121 e. The zero-order valence-corrected chi connectivity index (χ0v) is 33.2. The van der Waals surface area contributed by atoms with Gasteiger partial charge in [-0.15, -0.1) is 54.1 Å². The van der Waals surface area contributed by atoms with Crippen LogP contribution in [0, 0.1) is 24.0 Å². The van der Waals surface area contributed by atoms with E-state index < -0.39 is 20.8 Å². The quantitative estimate of drug-likeness (QED) is 0.113. The van der Waals surface area contributed by atoms with Gasteiger partial charge in [-0.05, 0) is 64.4 Å². The molecule has 3 heterocycles. The van der Waals surface area contributed by atoms with Gasteiger partial charge in [0.25, 0.3) is 0 Å². The van der Waals surface area contributed by atoms with Crippen LogP contribution in [-0.2, 0) is 32.9 Å². The number of pyridine rings is 2. The molecule has 4 aromatic carbocycles. The maximum atomic E-state index is 8.55. The van der Waals surface area contributed by atoms with Crippen molar-refractivity contribution in [3.8, 4) is 33.6 Å². The fourth-order valence-corrected chi connectivity index (χ4v) is 7.32. The Morgan fingerprint density at radius 1 is 0.720 bits per heavy atom. The zero-order chi connectivity index (χ0) is 38.1. The molecule has 7 aromatic rings. The molecule has 0 unspecified atom stereocenters. The van der Waals surface area contributed by atoms with E-state index in [0.717, 1.165) is 60.6 Å². The van der Waals surface area contributed by atoms with E-state index >= 15 is 0 Å². The summed E-state index contributed by atoms with van der Waals surface area (Å²) in [5, 5.41) is 3.15. The molecule has 3 aromatic heterocycles. The average molecular weight is 855 g/mol. The summed E-state index contributed by atoms with van der Waals surface area (Å²) in [6, 6.07) is 40.0. The third-order valence-electron chi connectivity index (χ3n) is 8.15. The SMILES string of the molecule is [2H]C([2H])(c1cc(-c2[c-]cccc2)ncc1[Si](C)(C)C)C(C)C.[2H]C([2H])(c1ccnc(-c2[c-]ccc3c2oc2cc(-c4ccccc4)ccc23)c1)C(C)C.[Ir]. The first-order chi connectivity index (χ1) is 25.1. The molecule has 1 radical (unpaired) electrons. The summed E-state index contributed by atoms with van der Waals surface area (Å²) in [7, 11) is -1.67. The van der Waals surface area contributed by atoms with Crippen LogP contribution in [0.3, 0.4) is 0 Å². The Morgan fingerprint density at radius 2 is 1.48 bits per heavy atom. The molecular weight excluding hydrogens is 805 g/mol. The number of benzene rings is 4. The van der Waals surface area contributed by atoms with Crippen LogP contribution in [-0.4, -0.2) is 18.0 Å². The summed E-state index contributed by atoms with van der Waals surface area (Å²) in [6.07, 6.45) is 0.748. The summed E-state index contributed by atoms with van der Waals surface area (Å²) >= 11 is 0. The second-order valence-electron chi connectivity index (χ2n) is 13.9. The summed E-state index contributed by atoms with van der Waals surface area (Å²) in [5.74, 6) is -0.234. The first-order valence-corrected chi connectivity index (χ1v) is 20.5. The molecule has 0 aliphatic heterocycles. The van der Waals surface area contributed by atoms with Gasteiger partial charge in [0.2, 0.25) is 0 Å². The molecule has 0 aliphatic rings. The maximum Gasteiger partial charge on any atom is 0.121 e. The van der Waals surface area contributed by atoms with E-state index in [0.29, 0.717) is 11.3 Å². The van der Waals surface area contributed by atoms with Gasteiger partial charge in [-0.25, -0.2) is 0 Å². The molecular formula is C45H46IrN2OSi-2. The predicted octanol–water partition coefficient (Wildman–Crippen LogP) is 11.6. The predicted molar refractivity (Wildman–Crippen MR) is 210 cm³/mol. The molecule has 0 fully saturated rings. The Morgan fingerprint density at radius 3 is 2.18 bits per heavy atom. The van der Waals surface area contributed by atoms with E-state index in [1.807, 2.05) is 101 Å². The summed E-state index contributed by atoms with van der Waals surface area (Å²) in [6.45, 7) is 14.3. The number of fused-ring (bicyclic) bond motifs is 3. The van der Waals surface area contributed by atoms with Crippen molar-refractivity contribution in [1.29, 1.82) is 0 Å². The van der Waals surface area contributed by atoms with Gasteiger partial charge in [0.15, 0.2) is 0 Å². The van der Waals surface area contributed by atoms with Gasteiger partial charge < -0.3 is 14.4 Å². The number of aromatic nitrogens is 2. The fourth-order valence-electron chi connectivity index (χ4n) is 5.92. The average Bonchev–Trinajstić information content (AvgIpc) is 3.53. The fraction of sp³-hybridized carbons (Fsp3) is 0.244. The first-order valence-electron chi connectivity index (χ1n) is 19.0. The number of furan rings is 1. The minimum absolute atomic E-state index is 0. The summed E-state index contributed by atoms with van der Waals surface area (Å²) < 4.78 is 40.3. The number of hydrogen-bond donors (Lipinski definition) is 0. The van der Waals surface area contributed by atoms with Crippen LogP contribution in [0.1, 0.15) is 44.3 Å². The van der Waals surface area contributed by atoms with Gasteiger partial charge in [-0.1, -0.05) is 124 Å². The van der Waals surface area contributed by atoms with Crippen molar-refractivity contribution in [3.63, 3.8) is 0 Å². The van der Waals surface area contributed by atoms with Gasteiger partial charge in [-0.2, -0.15) is 0 Å². The Kier molecular flexibility index (Phi) is 10.3. The number of nitrogens with zero attached hydrogens (tertiary/aromatic N) is 2. The number of rotatable bonds is 8. The Balaban J connectivity index is 0.000000217.